The van der Waals surface area contributed by atoms with Gasteiger partial charge in [0.25, 0.3) is 0 Å². The van der Waals surface area contributed by atoms with Gasteiger partial charge in [0, 0.05) is 29.3 Å². The van der Waals surface area contributed by atoms with Crippen LogP contribution in [0.15, 0.2) is 42.0 Å². The highest BCUT2D eigenvalue weighted by Gasteiger charge is 2.15. The van der Waals surface area contributed by atoms with E-state index in [1.807, 2.05) is 24.3 Å². The van der Waals surface area contributed by atoms with Gasteiger partial charge in [-0.15, -0.1) is 0 Å². The third-order valence-corrected chi connectivity index (χ3v) is 4.01. The van der Waals surface area contributed by atoms with E-state index >= 15 is 0 Å². The van der Waals surface area contributed by atoms with E-state index in [2.05, 4.69) is 0 Å². The van der Waals surface area contributed by atoms with Crippen molar-refractivity contribution in [3.63, 3.8) is 0 Å². The summed E-state index contributed by atoms with van der Waals surface area (Å²) in [6.45, 7) is 2.06. The van der Waals surface area contributed by atoms with Crippen molar-refractivity contribution >= 4 is 17.7 Å². The summed E-state index contributed by atoms with van der Waals surface area (Å²) < 4.78 is 21.0. The number of rotatable bonds is 8. The van der Waals surface area contributed by atoms with Crippen molar-refractivity contribution in [2.24, 2.45) is 0 Å². The highest BCUT2D eigenvalue weighted by Crippen LogP contribution is 2.33. The summed E-state index contributed by atoms with van der Waals surface area (Å²) in [5, 5.41) is 0. The average Bonchev–Trinajstić information content (AvgIpc) is 2.69. The van der Waals surface area contributed by atoms with E-state index in [4.69, 9.17) is 24.7 Å². The largest absolute Gasteiger partial charge is 0.497 e. The third-order valence-electron chi connectivity index (χ3n) is 4.01. The molecule has 0 fully saturated rings. The number of carbonyl (C=O) groups is 1. The topological polar surface area (TPSA) is 80.0 Å². The Balaban J connectivity index is 2.42. The lowest BCUT2D eigenvalue weighted by atomic mass is 10.0. The molecule has 0 aliphatic rings. The van der Waals surface area contributed by atoms with Crippen molar-refractivity contribution in [2.75, 3.05) is 33.7 Å². The first kappa shape index (κ1) is 20.2. The summed E-state index contributed by atoms with van der Waals surface area (Å²) in [6.07, 6.45) is 2.12. The van der Waals surface area contributed by atoms with E-state index < -0.39 is 0 Å². The molecule has 0 aromatic heterocycles. The highest BCUT2D eigenvalue weighted by atomic mass is 16.5. The van der Waals surface area contributed by atoms with Gasteiger partial charge >= 0.3 is 5.97 Å². The SMILES string of the molecule is CCOC(=O)/C(=C/c1cc(OC)c(OC)cc1N)Cc1ccc(OC)cc1. The van der Waals surface area contributed by atoms with Gasteiger partial charge in [-0.25, -0.2) is 4.79 Å². The molecule has 6 nitrogen and oxygen atoms in total. The van der Waals surface area contributed by atoms with Gasteiger partial charge in [0.2, 0.25) is 0 Å². The number of hydrogen-bond donors (Lipinski definition) is 1. The molecule has 0 aliphatic carbocycles. The minimum Gasteiger partial charge on any atom is -0.497 e. The lowest BCUT2D eigenvalue weighted by molar-refractivity contribution is -0.138. The molecule has 27 heavy (non-hydrogen) atoms. The van der Waals surface area contributed by atoms with Gasteiger partial charge in [-0.2, -0.15) is 0 Å². The Hall–Kier alpha value is -3.15. The Labute approximate surface area is 159 Å². The number of methoxy groups -OCH3 is 3. The lowest BCUT2D eigenvalue weighted by Gasteiger charge is -2.12. The van der Waals surface area contributed by atoms with Crippen LogP contribution in [0.25, 0.3) is 6.08 Å². The molecule has 2 rings (SSSR count). The maximum absolute atomic E-state index is 12.5. The zero-order chi connectivity index (χ0) is 19.8. The van der Waals surface area contributed by atoms with Crippen LogP contribution in [0.3, 0.4) is 0 Å². The molecule has 0 atom stereocenters. The Morgan fingerprint density at radius 1 is 1.00 bits per heavy atom. The summed E-state index contributed by atoms with van der Waals surface area (Å²) in [7, 11) is 4.70. The molecule has 0 bridgehead atoms. The molecule has 0 amide bonds. The van der Waals surface area contributed by atoms with Crippen molar-refractivity contribution in [2.45, 2.75) is 13.3 Å². The molecule has 2 N–H and O–H groups in total. The number of anilines is 1. The molecule has 0 saturated heterocycles. The fourth-order valence-corrected chi connectivity index (χ4v) is 2.59. The molecule has 0 unspecified atom stereocenters. The normalized spacial score (nSPS) is 11.0. The minimum absolute atomic E-state index is 0.292. The van der Waals surface area contributed by atoms with E-state index in [-0.39, 0.29) is 5.97 Å². The summed E-state index contributed by atoms with van der Waals surface area (Å²) in [5.41, 5.74) is 8.70. The van der Waals surface area contributed by atoms with Crippen molar-refractivity contribution in [1.29, 1.82) is 0 Å². The molecular formula is C21H25NO5. The van der Waals surface area contributed by atoms with Gasteiger partial charge < -0.3 is 24.7 Å². The summed E-state index contributed by atoms with van der Waals surface area (Å²) in [4.78, 5) is 12.5. The first-order valence-corrected chi connectivity index (χ1v) is 8.54. The molecule has 0 saturated carbocycles. The average molecular weight is 371 g/mol. The lowest BCUT2D eigenvalue weighted by Crippen LogP contribution is -2.10. The zero-order valence-corrected chi connectivity index (χ0v) is 16.1. The summed E-state index contributed by atoms with van der Waals surface area (Å²) in [6, 6.07) is 10.9. The molecule has 0 spiro atoms. The fourth-order valence-electron chi connectivity index (χ4n) is 2.59. The van der Waals surface area contributed by atoms with Crippen molar-refractivity contribution < 1.29 is 23.7 Å². The van der Waals surface area contributed by atoms with E-state index in [0.717, 1.165) is 11.3 Å². The van der Waals surface area contributed by atoms with Crippen LogP contribution in [0.5, 0.6) is 17.2 Å². The molecule has 6 heteroatoms. The number of esters is 1. The van der Waals surface area contributed by atoms with Crippen molar-refractivity contribution in [3.05, 3.63) is 53.1 Å². The number of nitrogens with two attached hydrogens (primary N) is 1. The maximum atomic E-state index is 12.5. The van der Waals surface area contributed by atoms with E-state index in [9.17, 15) is 4.79 Å². The van der Waals surface area contributed by atoms with Crippen LogP contribution < -0.4 is 19.9 Å². The quantitative estimate of drug-likeness (QED) is 0.435. The van der Waals surface area contributed by atoms with Crippen LogP contribution in [0.4, 0.5) is 5.69 Å². The smallest absolute Gasteiger partial charge is 0.334 e. The van der Waals surface area contributed by atoms with Crippen LogP contribution in [0.2, 0.25) is 0 Å². The molecule has 2 aromatic carbocycles. The standard InChI is InChI=1S/C21H25NO5/c1-5-27-21(23)16(10-14-6-8-17(24-2)9-7-14)11-15-12-19(25-3)20(26-4)13-18(15)22/h6-9,11-13H,5,10,22H2,1-4H3/b16-11+. The molecule has 0 aliphatic heterocycles. The second-order valence-electron chi connectivity index (χ2n) is 5.75. The number of ether oxygens (including phenoxy) is 4. The molecule has 144 valence electrons. The second-order valence-corrected chi connectivity index (χ2v) is 5.75. The fraction of sp³-hybridized carbons (Fsp3) is 0.286. The predicted octanol–water partition coefficient (Wildman–Crippen LogP) is 3.48. The van der Waals surface area contributed by atoms with Crippen LogP contribution in [0, 0.1) is 0 Å². The summed E-state index contributed by atoms with van der Waals surface area (Å²) in [5.74, 6) is 1.43. The van der Waals surface area contributed by atoms with E-state index in [1.165, 1.54) is 0 Å². The number of carbonyl (C=O) groups excluding carboxylic acids is 1. The predicted molar refractivity (Wildman–Crippen MR) is 105 cm³/mol. The van der Waals surface area contributed by atoms with Crippen LogP contribution >= 0.6 is 0 Å². The van der Waals surface area contributed by atoms with Crippen molar-refractivity contribution in [3.8, 4) is 17.2 Å². The molecule has 0 heterocycles. The van der Waals surface area contributed by atoms with Crippen LogP contribution in [-0.2, 0) is 16.0 Å². The first-order chi connectivity index (χ1) is 13.0. The minimum atomic E-state index is -0.387. The Morgan fingerprint density at radius 2 is 1.63 bits per heavy atom. The van der Waals surface area contributed by atoms with Gasteiger partial charge in [-0.05, 0) is 36.8 Å². The Bertz CT molecular complexity index is 812. The summed E-state index contributed by atoms with van der Waals surface area (Å²) >= 11 is 0. The van der Waals surface area contributed by atoms with Gasteiger partial charge in [-0.1, -0.05) is 12.1 Å². The highest BCUT2D eigenvalue weighted by molar-refractivity contribution is 5.95. The van der Waals surface area contributed by atoms with Gasteiger partial charge in [-0.3, -0.25) is 0 Å². The van der Waals surface area contributed by atoms with Gasteiger partial charge in [0.1, 0.15) is 5.75 Å². The van der Waals surface area contributed by atoms with Gasteiger partial charge in [0.15, 0.2) is 11.5 Å². The van der Waals surface area contributed by atoms with Crippen molar-refractivity contribution in [1.82, 2.24) is 0 Å². The molecule has 0 radical (unpaired) electrons. The number of hydrogen-bond acceptors (Lipinski definition) is 6. The zero-order valence-electron chi connectivity index (χ0n) is 16.1. The van der Waals surface area contributed by atoms with E-state index in [1.54, 1.807) is 46.5 Å². The van der Waals surface area contributed by atoms with Crippen LogP contribution in [0.1, 0.15) is 18.1 Å². The maximum Gasteiger partial charge on any atom is 0.334 e. The Kier molecular flexibility index (Phi) is 7.11. The third kappa shape index (κ3) is 5.17. The number of benzene rings is 2. The van der Waals surface area contributed by atoms with Crippen LogP contribution in [-0.4, -0.2) is 33.9 Å². The first-order valence-electron chi connectivity index (χ1n) is 8.54. The molecule has 2 aromatic rings. The number of nitrogen functional groups attached to an aromatic ring is 1. The van der Waals surface area contributed by atoms with E-state index in [0.29, 0.717) is 41.4 Å². The Morgan fingerprint density at radius 3 is 2.19 bits per heavy atom. The molecular weight excluding hydrogens is 346 g/mol. The monoisotopic (exact) mass is 371 g/mol. The second kappa shape index (κ2) is 9.52. The van der Waals surface area contributed by atoms with Gasteiger partial charge in [0.05, 0.1) is 27.9 Å².